The Bertz CT molecular complexity index is 1370. The van der Waals surface area contributed by atoms with Crippen molar-refractivity contribution >= 4 is 60.7 Å². The van der Waals surface area contributed by atoms with Crippen LogP contribution in [0.15, 0.2) is 66.7 Å². The van der Waals surface area contributed by atoms with Gasteiger partial charge in [0.15, 0.2) is 0 Å². The van der Waals surface area contributed by atoms with Crippen LogP contribution >= 0.6 is 0 Å². The summed E-state index contributed by atoms with van der Waals surface area (Å²) in [5, 5.41) is 20.9. The summed E-state index contributed by atoms with van der Waals surface area (Å²) in [4.78, 5) is 22.9. The van der Waals surface area contributed by atoms with E-state index < -0.39 is 5.97 Å². The molecular weight excluding hydrogens is 350 g/mol. The Labute approximate surface area is 160 Å². The molecule has 4 nitrogen and oxygen atoms in total. The number of carboxylic acid groups (broad SMARTS) is 1. The lowest BCUT2D eigenvalue weighted by atomic mass is 9.90. The Kier molecular flexibility index (Phi) is 3.66. The molecule has 0 aliphatic rings. The quantitative estimate of drug-likeness (QED) is 0.324. The second-order valence-electron chi connectivity index (χ2n) is 7.08. The first kappa shape index (κ1) is 16.5. The lowest BCUT2D eigenvalue weighted by Crippen LogP contribution is -2.13. The maximum absolute atomic E-state index is 12.2. The molecule has 1 amide bonds. The van der Waals surface area contributed by atoms with Crippen molar-refractivity contribution in [2.45, 2.75) is 12.8 Å². The van der Waals surface area contributed by atoms with Gasteiger partial charge in [0.05, 0.1) is 6.42 Å². The first-order chi connectivity index (χ1) is 13.6. The molecule has 0 aliphatic heterocycles. The molecule has 0 bridgehead atoms. The minimum absolute atomic E-state index is 0.0416. The van der Waals surface area contributed by atoms with Crippen LogP contribution in [0.4, 0.5) is 5.69 Å². The Balaban J connectivity index is 1.73. The highest BCUT2D eigenvalue weighted by Gasteiger charge is 2.13. The molecule has 0 saturated heterocycles. The number of aliphatic carboxylic acids is 1. The van der Waals surface area contributed by atoms with Crippen molar-refractivity contribution in [1.29, 1.82) is 0 Å². The van der Waals surface area contributed by atoms with E-state index in [1.165, 1.54) is 21.5 Å². The molecule has 0 saturated carbocycles. The van der Waals surface area contributed by atoms with Crippen LogP contribution in [-0.2, 0) is 9.59 Å². The molecule has 0 aliphatic carbocycles. The Morgan fingerprint density at radius 1 is 0.714 bits per heavy atom. The van der Waals surface area contributed by atoms with Gasteiger partial charge in [0.1, 0.15) is 0 Å². The molecule has 2 N–H and O–H groups in total. The third-order valence-electron chi connectivity index (χ3n) is 5.35. The maximum atomic E-state index is 12.2. The first-order valence-electron chi connectivity index (χ1n) is 9.23. The van der Waals surface area contributed by atoms with Crippen molar-refractivity contribution in [2.24, 2.45) is 0 Å². The van der Waals surface area contributed by atoms with Crippen molar-refractivity contribution < 1.29 is 14.7 Å². The van der Waals surface area contributed by atoms with E-state index in [-0.39, 0.29) is 18.7 Å². The van der Waals surface area contributed by atoms with E-state index >= 15 is 0 Å². The van der Waals surface area contributed by atoms with E-state index in [9.17, 15) is 9.59 Å². The summed E-state index contributed by atoms with van der Waals surface area (Å²) in [6.45, 7) is 0. The number of fused-ring (bicyclic) bond motifs is 2. The van der Waals surface area contributed by atoms with E-state index in [2.05, 4.69) is 59.9 Å². The maximum Gasteiger partial charge on any atom is 0.303 e. The molecular formula is C24H17NO3. The van der Waals surface area contributed by atoms with Crippen LogP contribution in [0.3, 0.4) is 0 Å². The molecule has 28 heavy (non-hydrogen) atoms. The average molecular weight is 367 g/mol. The number of carboxylic acids is 1. The van der Waals surface area contributed by atoms with Crippen LogP contribution in [0, 0.1) is 0 Å². The predicted molar refractivity (Wildman–Crippen MR) is 113 cm³/mol. The van der Waals surface area contributed by atoms with Crippen molar-refractivity contribution in [3.63, 3.8) is 0 Å². The van der Waals surface area contributed by atoms with E-state index in [0.29, 0.717) is 5.69 Å². The summed E-state index contributed by atoms with van der Waals surface area (Å²) in [5.74, 6) is -1.27. The highest BCUT2D eigenvalue weighted by molar-refractivity contribution is 6.30. The fraction of sp³-hybridized carbons (Fsp3) is 0.0833. The van der Waals surface area contributed by atoms with E-state index in [0.717, 1.165) is 21.5 Å². The SMILES string of the molecule is O=C(O)CCC(=O)Nc1cccc2c1cc1ccc3cccc4ccc2c1c34. The summed E-state index contributed by atoms with van der Waals surface area (Å²) >= 11 is 0. The van der Waals surface area contributed by atoms with Crippen LogP contribution in [0.25, 0.3) is 43.1 Å². The molecule has 5 rings (SSSR count). The largest absolute Gasteiger partial charge is 0.481 e. The molecule has 0 spiro atoms. The summed E-state index contributed by atoms with van der Waals surface area (Å²) in [5.41, 5.74) is 0.707. The fourth-order valence-electron chi connectivity index (χ4n) is 4.11. The van der Waals surface area contributed by atoms with Gasteiger partial charge in [0.25, 0.3) is 0 Å². The molecule has 4 heteroatoms. The van der Waals surface area contributed by atoms with E-state index in [1.54, 1.807) is 0 Å². The highest BCUT2D eigenvalue weighted by Crippen LogP contribution is 2.40. The van der Waals surface area contributed by atoms with Gasteiger partial charge >= 0.3 is 5.97 Å². The molecule has 0 atom stereocenters. The van der Waals surface area contributed by atoms with Crippen molar-refractivity contribution in [3.8, 4) is 0 Å². The van der Waals surface area contributed by atoms with Gasteiger partial charge in [-0.05, 0) is 49.8 Å². The first-order valence-corrected chi connectivity index (χ1v) is 9.23. The van der Waals surface area contributed by atoms with Gasteiger partial charge in [-0.2, -0.15) is 0 Å². The minimum atomic E-state index is -0.976. The monoisotopic (exact) mass is 367 g/mol. The van der Waals surface area contributed by atoms with Crippen molar-refractivity contribution in [1.82, 2.24) is 0 Å². The second kappa shape index (κ2) is 6.20. The number of rotatable bonds is 4. The highest BCUT2D eigenvalue weighted by atomic mass is 16.4. The smallest absolute Gasteiger partial charge is 0.303 e. The van der Waals surface area contributed by atoms with Crippen molar-refractivity contribution in [3.05, 3.63) is 66.7 Å². The van der Waals surface area contributed by atoms with Gasteiger partial charge in [0.2, 0.25) is 5.91 Å². The van der Waals surface area contributed by atoms with E-state index in [1.807, 2.05) is 12.1 Å². The number of benzene rings is 5. The second-order valence-corrected chi connectivity index (χ2v) is 7.08. The van der Waals surface area contributed by atoms with Crippen LogP contribution < -0.4 is 5.32 Å². The number of hydrogen-bond donors (Lipinski definition) is 2. The minimum Gasteiger partial charge on any atom is -0.481 e. The topological polar surface area (TPSA) is 66.4 Å². The Morgan fingerprint density at radius 3 is 2.21 bits per heavy atom. The number of amides is 1. The molecule has 0 fully saturated rings. The van der Waals surface area contributed by atoms with Gasteiger partial charge in [-0.3, -0.25) is 9.59 Å². The van der Waals surface area contributed by atoms with Gasteiger partial charge in [-0.15, -0.1) is 0 Å². The lowest BCUT2D eigenvalue weighted by molar-refractivity contribution is -0.138. The van der Waals surface area contributed by atoms with Gasteiger partial charge in [-0.25, -0.2) is 0 Å². The normalized spacial score (nSPS) is 11.6. The van der Waals surface area contributed by atoms with Crippen molar-refractivity contribution in [2.75, 3.05) is 5.32 Å². The van der Waals surface area contributed by atoms with Gasteiger partial charge in [-0.1, -0.05) is 54.6 Å². The van der Waals surface area contributed by atoms with Crippen LogP contribution in [0.2, 0.25) is 0 Å². The Morgan fingerprint density at radius 2 is 1.43 bits per heavy atom. The molecule has 5 aromatic rings. The molecule has 0 heterocycles. The predicted octanol–water partition coefficient (Wildman–Crippen LogP) is 5.54. The summed E-state index contributed by atoms with van der Waals surface area (Å²) < 4.78 is 0. The van der Waals surface area contributed by atoms with E-state index in [4.69, 9.17) is 5.11 Å². The van der Waals surface area contributed by atoms with Gasteiger partial charge < -0.3 is 10.4 Å². The fourth-order valence-corrected chi connectivity index (χ4v) is 4.11. The van der Waals surface area contributed by atoms with Gasteiger partial charge in [0, 0.05) is 17.5 Å². The van der Waals surface area contributed by atoms with Crippen LogP contribution in [0.5, 0.6) is 0 Å². The number of carbonyl (C=O) groups is 2. The number of hydrogen-bond acceptors (Lipinski definition) is 2. The number of anilines is 1. The zero-order chi connectivity index (χ0) is 19.3. The average Bonchev–Trinajstić information content (AvgIpc) is 2.70. The third kappa shape index (κ3) is 2.54. The third-order valence-corrected chi connectivity index (χ3v) is 5.35. The number of nitrogens with one attached hydrogen (secondary N) is 1. The molecule has 5 aromatic carbocycles. The van der Waals surface area contributed by atoms with Crippen LogP contribution in [0.1, 0.15) is 12.8 Å². The Hall–Kier alpha value is -3.66. The molecule has 0 radical (unpaired) electrons. The number of carbonyl (C=O) groups excluding carboxylic acids is 1. The standard InChI is InChI=1S/C24H17NO3/c26-21(11-12-22(27)28)25-20-6-2-5-17-18-10-9-15-4-1-3-14-7-8-16(13-19(17)20)24(18)23(14)15/h1-10,13H,11-12H2,(H,25,26)(H,27,28). The summed E-state index contributed by atoms with van der Waals surface area (Å²) in [6.07, 6.45) is -0.220. The summed E-state index contributed by atoms with van der Waals surface area (Å²) in [6, 6.07) is 22.8. The molecule has 0 aromatic heterocycles. The lowest BCUT2D eigenvalue weighted by Gasteiger charge is -2.15. The zero-order valence-corrected chi connectivity index (χ0v) is 15.0. The zero-order valence-electron chi connectivity index (χ0n) is 15.0. The van der Waals surface area contributed by atoms with Crippen LogP contribution in [-0.4, -0.2) is 17.0 Å². The summed E-state index contributed by atoms with van der Waals surface area (Å²) in [7, 11) is 0. The molecule has 136 valence electrons. The molecule has 0 unspecified atom stereocenters.